The van der Waals surface area contributed by atoms with Gasteiger partial charge in [0.15, 0.2) is 5.69 Å². The molecule has 0 spiro atoms. The Morgan fingerprint density at radius 2 is 1.93 bits per heavy atom. The maximum absolute atomic E-state index is 12.7. The average molecular weight is 410 g/mol. The molecule has 0 aliphatic carbocycles. The van der Waals surface area contributed by atoms with E-state index >= 15 is 0 Å². The molecule has 1 aliphatic rings. The molecule has 1 amide bonds. The number of aromatic hydroxyl groups is 1. The molecule has 1 aliphatic heterocycles. The largest absolute Gasteiger partial charge is 0.505 e. The zero-order valence-electron chi connectivity index (χ0n) is 15.3. The van der Waals surface area contributed by atoms with Gasteiger partial charge in [-0.15, -0.1) is 0 Å². The third-order valence-corrected chi connectivity index (χ3v) is 6.07. The van der Waals surface area contributed by atoms with Gasteiger partial charge in [0, 0.05) is 25.5 Å². The normalized spacial score (nSPS) is 13.6. The van der Waals surface area contributed by atoms with Crippen molar-refractivity contribution >= 4 is 21.6 Å². The predicted molar refractivity (Wildman–Crippen MR) is 106 cm³/mol. The highest BCUT2D eigenvalue weighted by Gasteiger charge is 2.26. The van der Waals surface area contributed by atoms with Gasteiger partial charge >= 0.3 is 0 Å². The Kier molecular flexibility index (Phi) is 4.89. The molecule has 0 bridgehead atoms. The van der Waals surface area contributed by atoms with Crippen LogP contribution in [0.1, 0.15) is 21.6 Å². The Bertz CT molecular complexity index is 1170. The first-order valence-corrected chi connectivity index (χ1v) is 10.4. The number of nitrogens with one attached hydrogen (secondary N) is 1. The van der Waals surface area contributed by atoms with Gasteiger partial charge in [-0.25, -0.2) is 13.4 Å². The lowest BCUT2D eigenvalue weighted by Gasteiger charge is -2.29. The molecule has 2 N–H and O–H groups in total. The van der Waals surface area contributed by atoms with E-state index in [1.165, 1.54) is 18.5 Å². The number of aromatic nitrogens is 2. The smallest absolute Gasteiger partial charge is 0.276 e. The van der Waals surface area contributed by atoms with Gasteiger partial charge in [0.1, 0.15) is 5.75 Å². The van der Waals surface area contributed by atoms with Crippen molar-refractivity contribution in [2.75, 3.05) is 11.3 Å². The lowest BCUT2D eigenvalue weighted by Crippen LogP contribution is -2.36. The number of fused-ring (bicyclic) bond motifs is 1. The average Bonchev–Trinajstić information content (AvgIpc) is 2.73. The van der Waals surface area contributed by atoms with Crippen molar-refractivity contribution in [3.63, 3.8) is 0 Å². The van der Waals surface area contributed by atoms with E-state index in [2.05, 4.69) is 14.7 Å². The highest BCUT2D eigenvalue weighted by molar-refractivity contribution is 7.92. The predicted octanol–water partition coefficient (Wildman–Crippen LogP) is 2.18. The van der Waals surface area contributed by atoms with Crippen LogP contribution >= 0.6 is 0 Å². The van der Waals surface area contributed by atoms with Gasteiger partial charge in [-0.05, 0) is 53.9 Å². The maximum atomic E-state index is 12.7. The molecule has 1 aromatic carbocycles. The lowest BCUT2D eigenvalue weighted by atomic mass is 9.99. The quantitative estimate of drug-likeness (QED) is 0.682. The molecule has 148 valence electrons. The number of hydrogen-bond donors (Lipinski definition) is 2. The fourth-order valence-corrected chi connectivity index (χ4v) is 4.32. The molecule has 0 fully saturated rings. The van der Waals surface area contributed by atoms with Crippen molar-refractivity contribution in [1.29, 1.82) is 0 Å². The molecule has 3 aromatic rings. The van der Waals surface area contributed by atoms with Crippen LogP contribution in [0, 0.1) is 0 Å². The second-order valence-corrected chi connectivity index (χ2v) is 8.31. The Hall–Kier alpha value is -3.46. The van der Waals surface area contributed by atoms with Crippen LogP contribution in [0.3, 0.4) is 0 Å². The maximum Gasteiger partial charge on any atom is 0.276 e. The fourth-order valence-electron chi connectivity index (χ4n) is 3.22. The summed E-state index contributed by atoms with van der Waals surface area (Å²) in [7, 11) is -3.79. The summed E-state index contributed by atoms with van der Waals surface area (Å²) in [5.41, 5.74) is 2.08. The minimum atomic E-state index is -3.79. The van der Waals surface area contributed by atoms with E-state index in [1.54, 1.807) is 47.5 Å². The summed E-state index contributed by atoms with van der Waals surface area (Å²) in [5, 5.41) is 9.90. The standard InChI is InChI=1S/C20H18N4O4S/c25-18-4-2-9-22-19(18)20(26)24-10-7-14-5-6-17(11-15(14)13-24)29(27,28)23-16-3-1-8-21-12-16/h1-6,8-9,11-12,23,25H,7,10,13H2. The minimum Gasteiger partial charge on any atom is -0.505 e. The van der Waals surface area contributed by atoms with E-state index < -0.39 is 15.9 Å². The summed E-state index contributed by atoms with van der Waals surface area (Å²) in [6, 6.07) is 11.1. The van der Waals surface area contributed by atoms with E-state index in [4.69, 9.17) is 0 Å². The Labute approximate surface area is 167 Å². The number of carbonyl (C=O) groups is 1. The van der Waals surface area contributed by atoms with Crippen molar-refractivity contribution in [3.05, 3.63) is 77.9 Å². The highest BCUT2D eigenvalue weighted by atomic mass is 32.2. The summed E-state index contributed by atoms with van der Waals surface area (Å²) < 4.78 is 27.9. The molecule has 3 heterocycles. The fraction of sp³-hybridized carbons (Fsp3) is 0.150. The van der Waals surface area contributed by atoms with E-state index in [0.29, 0.717) is 18.7 Å². The van der Waals surface area contributed by atoms with Crippen LogP contribution < -0.4 is 4.72 Å². The molecule has 0 saturated carbocycles. The van der Waals surface area contributed by atoms with Crippen molar-refractivity contribution in [2.24, 2.45) is 0 Å². The molecule has 4 rings (SSSR count). The molecular weight excluding hydrogens is 392 g/mol. The molecule has 0 unspecified atom stereocenters. The summed E-state index contributed by atoms with van der Waals surface area (Å²) in [5.74, 6) is -0.573. The van der Waals surface area contributed by atoms with Gasteiger partial charge in [0.2, 0.25) is 0 Å². The second-order valence-electron chi connectivity index (χ2n) is 6.63. The number of benzene rings is 1. The number of carbonyl (C=O) groups excluding carboxylic acids is 1. The summed E-state index contributed by atoms with van der Waals surface area (Å²) in [6.45, 7) is 0.697. The number of rotatable bonds is 4. The van der Waals surface area contributed by atoms with Crippen molar-refractivity contribution in [1.82, 2.24) is 14.9 Å². The number of pyridine rings is 2. The van der Waals surface area contributed by atoms with Crippen LogP contribution in [0.2, 0.25) is 0 Å². The van der Waals surface area contributed by atoms with Gasteiger partial charge in [-0.2, -0.15) is 0 Å². The van der Waals surface area contributed by atoms with Crippen LogP contribution in [0.25, 0.3) is 0 Å². The molecule has 9 heteroatoms. The summed E-state index contributed by atoms with van der Waals surface area (Å²) >= 11 is 0. The third kappa shape index (κ3) is 3.90. The SMILES string of the molecule is O=C(c1ncccc1O)N1CCc2ccc(S(=O)(=O)Nc3cccnc3)cc2C1. The number of anilines is 1. The van der Waals surface area contributed by atoms with Gasteiger partial charge in [-0.1, -0.05) is 6.07 Å². The molecule has 0 radical (unpaired) electrons. The molecule has 29 heavy (non-hydrogen) atoms. The number of hydrogen-bond acceptors (Lipinski definition) is 6. The molecule has 8 nitrogen and oxygen atoms in total. The Morgan fingerprint density at radius 1 is 1.10 bits per heavy atom. The Morgan fingerprint density at radius 3 is 2.69 bits per heavy atom. The van der Waals surface area contributed by atoms with Crippen LogP contribution in [-0.4, -0.2) is 40.8 Å². The number of sulfonamides is 1. The lowest BCUT2D eigenvalue weighted by molar-refractivity contribution is 0.0725. The van der Waals surface area contributed by atoms with Gasteiger partial charge < -0.3 is 10.0 Å². The van der Waals surface area contributed by atoms with E-state index in [9.17, 15) is 18.3 Å². The monoisotopic (exact) mass is 410 g/mol. The van der Waals surface area contributed by atoms with Gasteiger partial charge in [-0.3, -0.25) is 14.5 Å². The first kappa shape index (κ1) is 18.9. The number of nitrogens with zero attached hydrogens (tertiary/aromatic N) is 3. The third-order valence-electron chi connectivity index (χ3n) is 4.69. The second kappa shape index (κ2) is 7.51. The first-order valence-electron chi connectivity index (χ1n) is 8.92. The topological polar surface area (TPSA) is 112 Å². The molecular formula is C20H18N4O4S. The zero-order chi connectivity index (χ0) is 20.4. The minimum absolute atomic E-state index is 0.0158. The summed E-state index contributed by atoms with van der Waals surface area (Å²) in [4.78, 5) is 22.2. The molecule has 0 saturated heterocycles. The zero-order valence-corrected chi connectivity index (χ0v) is 16.1. The number of amides is 1. The van der Waals surface area contributed by atoms with Crippen LogP contribution in [0.15, 0.2) is 66.0 Å². The Balaban J connectivity index is 1.59. The molecule has 2 aromatic heterocycles. The van der Waals surface area contributed by atoms with Crippen molar-refractivity contribution in [2.45, 2.75) is 17.9 Å². The summed E-state index contributed by atoms with van der Waals surface area (Å²) in [6.07, 6.45) is 5.02. The van der Waals surface area contributed by atoms with E-state index in [0.717, 1.165) is 11.1 Å². The van der Waals surface area contributed by atoms with Gasteiger partial charge in [0.25, 0.3) is 15.9 Å². The van der Waals surface area contributed by atoms with Gasteiger partial charge in [0.05, 0.1) is 16.8 Å². The van der Waals surface area contributed by atoms with Crippen LogP contribution in [0.5, 0.6) is 5.75 Å². The van der Waals surface area contributed by atoms with E-state index in [-0.39, 0.29) is 22.9 Å². The van der Waals surface area contributed by atoms with E-state index in [1.807, 2.05) is 0 Å². The highest BCUT2D eigenvalue weighted by Crippen LogP contribution is 2.26. The first-order chi connectivity index (χ1) is 13.9. The molecule has 0 atom stereocenters. The van der Waals surface area contributed by atoms with Crippen LogP contribution in [0.4, 0.5) is 5.69 Å². The van der Waals surface area contributed by atoms with Crippen LogP contribution in [-0.2, 0) is 23.0 Å². The van der Waals surface area contributed by atoms with Crippen molar-refractivity contribution in [3.8, 4) is 5.75 Å². The van der Waals surface area contributed by atoms with Crippen molar-refractivity contribution < 1.29 is 18.3 Å².